The van der Waals surface area contributed by atoms with Crippen molar-refractivity contribution in [2.24, 2.45) is 0 Å². The van der Waals surface area contributed by atoms with Crippen molar-refractivity contribution in [1.29, 1.82) is 0 Å². The van der Waals surface area contributed by atoms with E-state index < -0.39 is 0 Å². The molecule has 35 heavy (non-hydrogen) atoms. The summed E-state index contributed by atoms with van der Waals surface area (Å²) in [6, 6.07) is 16.5. The van der Waals surface area contributed by atoms with Crippen LogP contribution in [0.5, 0.6) is 0 Å². The lowest BCUT2D eigenvalue weighted by Gasteiger charge is -2.08. The molecule has 0 radical (unpaired) electrons. The molecule has 2 aromatic carbocycles. The summed E-state index contributed by atoms with van der Waals surface area (Å²) >= 11 is 8.61. The second-order valence-electron chi connectivity index (χ2n) is 7.46. The number of thiazole rings is 1. The Bertz CT molecular complexity index is 1320. The zero-order chi connectivity index (χ0) is 24.8. The number of halogens is 1. The number of thioether (sulfide) groups is 1. The summed E-state index contributed by atoms with van der Waals surface area (Å²) in [5.74, 6) is 0.371. The molecule has 4 rings (SSSR count). The number of hydrogen-bond acceptors (Lipinski definition) is 7. The third-order valence-electron chi connectivity index (χ3n) is 5.05. The Labute approximate surface area is 216 Å². The molecule has 2 heterocycles. The highest BCUT2D eigenvalue weighted by Crippen LogP contribution is 2.30. The SMILES string of the molecule is CCn1c(CNC(=O)c2ccc(Cl)cc2)nnc1SCC(=O)Nc1nc(-c2ccccc2)c(C)s1. The van der Waals surface area contributed by atoms with Crippen LogP contribution in [-0.2, 0) is 17.9 Å². The predicted octanol–water partition coefficient (Wildman–Crippen LogP) is 5.04. The van der Waals surface area contributed by atoms with E-state index in [1.54, 1.807) is 24.3 Å². The van der Waals surface area contributed by atoms with Crippen molar-refractivity contribution in [3.63, 3.8) is 0 Å². The standard InChI is InChI=1S/C24H23ClN6O2S2/c1-3-31-19(13-26-22(33)17-9-11-18(25)12-10-17)29-30-24(31)34-14-20(32)27-23-28-21(15(2)35-23)16-7-5-4-6-8-16/h4-12H,3,13-14H2,1-2H3,(H,26,33)(H,27,28,32). The van der Waals surface area contributed by atoms with Crippen molar-refractivity contribution in [1.82, 2.24) is 25.1 Å². The van der Waals surface area contributed by atoms with Gasteiger partial charge < -0.3 is 15.2 Å². The van der Waals surface area contributed by atoms with Crippen molar-refractivity contribution < 1.29 is 9.59 Å². The Balaban J connectivity index is 1.33. The van der Waals surface area contributed by atoms with Gasteiger partial charge in [-0.3, -0.25) is 9.59 Å². The van der Waals surface area contributed by atoms with Gasteiger partial charge in [0.05, 0.1) is 18.0 Å². The number of nitrogens with one attached hydrogen (secondary N) is 2. The predicted molar refractivity (Wildman–Crippen MR) is 140 cm³/mol. The molecular formula is C24H23ClN6O2S2. The lowest BCUT2D eigenvalue weighted by Crippen LogP contribution is -2.24. The van der Waals surface area contributed by atoms with Crippen LogP contribution in [0, 0.1) is 6.92 Å². The number of rotatable bonds is 9. The van der Waals surface area contributed by atoms with Gasteiger partial charge in [-0.1, -0.05) is 53.7 Å². The summed E-state index contributed by atoms with van der Waals surface area (Å²) in [5.41, 5.74) is 2.40. The summed E-state index contributed by atoms with van der Waals surface area (Å²) in [5, 5.41) is 15.8. The number of aryl methyl sites for hydroxylation is 1. The largest absolute Gasteiger partial charge is 0.345 e. The van der Waals surface area contributed by atoms with Crippen molar-refractivity contribution >= 4 is 51.6 Å². The molecule has 0 spiro atoms. The molecule has 0 unspecified atom stereocenters. The lowest BCUT2D eigenvalue weighted by molar-refractivity contribution is -0.113. The highest BCUT2D eigenvalue weighted by molar-refractivity contribution is 7.99. The molecule has 11 heteroatoms. The number of aromatic nitrogens is 4. The van der Waals surface area contributed by atoms with E-state index in [1.165, 1.54) is 23.1 Å². The van der Waals surface area contributed by atoms with E-state index in [-0.39, 0.29) is 24.1 Å². The van der Waals surface area contributed by atoms with Crippen molar-refractivity contribution in [3.05, 3.63) is 75.9 Å². The average Bonchev–Trinajstić information content (AvgIpc) is 3.44. The molecule has 0 fully saturated rings. The topological polar surface area (TPSA) is 102 Å². The fourth-order valence-electron chi connectivity index (χ4n) is 3.34. The van der Waals surface area contributed by atoms with Crippen molar-refractivity contribution in [2.45, 2.75) is 32.1 Å². The number of nitrogens with zero attached hydrogens (tertiary/aromatic N) is 4. The molecule has 0 aliphatic heterocycles. The summed E-state index contributed by atoms with van der Waals surface area (Å²) in [6.45, 7) is 4.77. The fourth-order valence-corrected chi connectivity index (χ4v) is 5.14. The van der Waals surface area contributed by atoms with Crippen LogP contribution >= 0.6 is 34.7 Å². The summed E-state index contributed by atoms with van der Waals surface area (Å²) in [7, 11) is 0. The number of carbonyl (C=O) groups is 2. The van der Waals surface area contributed by atoms with E-state index in [2.05, 4.69) is 25.8 Å². The Morgan fingerprint density at radius 2 is 1.83 bits per heavy atom. The van der Waals surface area contributed by atoms with E-state index >= 15 is 0 Å². The highest BCUT2D eigenvalue weighted by Gasteiger charge is 2.16. The monoisotopic (exact) mass is 526 g/mol. The van der Waals surface area contributed by atoms with E-state index in [4.69, 9.17) is 11.6 Å². The maximum Gasteiger partial charge on any atom is 0.251 e. The second-order valence-corrected chi connectivity index (χ2v) is 10.0. The Morgan fingerprint density at radius 1 is 1.09 bits per heavy atom. The molecule has 2 N–H and O–H groups in total. The minimum absolute atomic E-state index is 0.161. The normalized spacial score (nSPS) is 10.8. The average molecular weight is 527 g/mol. The first-order valence-electron chi connectivity index (χ1n) is 10.9. The van der Waals surface area contributed by atoms with Gasteiger partial charge in [0, 0.05) is 27.6 Å². The third kappa shape index (κ3) is 6.27. The minimum Gasteiger partial charge on any atom is -0.345 e. The maximum atomic E-state index is 12.6. The summed E-state index contributed by atoms with van der Waals surface area (Å²) in [4.78, 5) is 30.5. The van der Waals surface area contributed by atoms with Gasteiger partial charge in [-0.2, -0.15) is 0 Å². The first kappa shape index (κ1) is 24.9. The number of amides is 2. The first-order chi connectivity index (χ1) is 16.9. The van der Waals surface area contributed by atoms with E-state index in [0.29, 0.717) is 33.2 Å². The quantitative estimate of drug-likeness (QED) is 0.296. The fraction of sp³-hybridized carbons (Fsp3) is 0.208. The molecule has 4 aromatic rings. The zero-order valence-corrected chi connectivity index (χ0v) is 21.5. The molecule has 0 aliphatic rings. The maximum absolute atomic E-state index is 12.6. The minimum atomic E-state index is -0.227. The van der Waals surface area contributed by atoms with Crippen LogP contribution in [0.25, 0.3) is 11.3 Å². The lowest BCUT2D eigenvalue weighted by atomic mass is 10.1. The van der Waals surface area contributed by atoms with E-state index in [1.807, 2.05) is 48.7 Å². The summed E-state index contributed by atoms with van der Waals surface area (Å²) < 4.78 is 1.88. The molecule has 2 aromatic heterocycles. The molecule has 0 aliphatic carbocycles. The van der Waals surface area contributed by atoms with Crippen LogP contribution in [0.1, 0.15) is 28.0 Å². The summed E-state index contributed by atoms with van der Waals surface area (Å²) in [6.07, 6.45) is 0. The molecule has 0 saturated heterocycles. The molecule has 8 nitrogen and oxygen atoms in total. The Kier molecular flexibility index (Phi) is 8.17. The van der Waals surface area contributed by atoms with Gasteiger partial charge in [0.25, 0.3) is 5.91 Å². The number of carbonyl (C=O) groups excluding carboxylic acids is 2. The first-order valence-corrected chi connectivity index (χ1v) is 13.0. The van der Waals surface area contributed by atoms with Crippen LogP contribution in [-0.4, -0.2) is 37.3 Å². The van der Waals surface area contributed by atoms with Crippen molar-refractivity contribution in [3.8, 4) is 11.3 Å². The van der Waals surface area contributed by atoms with Crippen LogP contribution in [0.3, 0.4) is 0 Å². The van der Waals surface area contributed by atoms with Gasteiger partial charge >= 0.3 is 0 Å². The van der Waals surface area contributed by atoms with Gasteiger partial charge in [0.2, 0.25) is 5.91 Å². The number of benzene rings is 2. The van der Waals surface area contributed by atoms with Gasteiger partial charge in [0.1, 0.15) is 0 Å². The van der Waals surface area contributed by atoms with Crippen LogP contribution in [0.2, 0.25) is 5.02 Å². The number of hydrogen-bond donors (Lipinski definition) is 2. The molecule has 0 atom stereocenters. The number of anilines is 1. The van der Waals surface area contributed by atoms with Crippen LogP contribution in [0.4, 0.5) is 5.13 Å². The Morgan fingerprint density at radius 3 is 2.54 bits per heavy atom. The Hall–Kier alpha value is -3.21. The molecule has 0 bridgehead atoms. The van der Waals surface area contributed by atoms with Gasteiger partial charge in [-0.15, -0.1) is 21.5 Å². The molecule has 180 valence electrons. The van der Waals surface area contributed by atoms with Gasteiger partial charge in [-0.05, 0) is 38.1 Å². The van der Waals surface area contributed by atoms with Crippen LogP contribution < -0.4 is 10.6 Å². The zero-order valence-electron chi connectivity index (χ0n) is 19.1. The molecule has 0 saturated carbocycles. The van der Waals surface area contributed by atoms with Crippen molar-refractivity contribution in [2.75, 3.05) is 11.1 Å². The molecular weight excluding hydrogens is 504 g/mol. The molecule has 2 amide bonds. The second kappa shape index (κ2) is 11.5. The van der Waals surface area contributed by atoms with E-state index in [9.17, 15) is 9.59 Å². The highest BCUT2D eigenvalue weighted by atomic mass is 35.5. The third-order valence-corrected chi connectivity index (χ3v) is 7.15. The van der Waals surface area contributed by atoms with E-state index in [0.717, 1.165) is 16.1 Å². The van der Waals surface area contributed by atoms with Gasteiger partial charge in [-0.25, -0.2) is 4.98 Å². The van der Waals surface area contributed by atoms with Crippen LogP contribution in [0.15, 0.2) is 59.8 Å². The smallest absolute Gasteiger partial charge is 0.251 e. The van der Waals surface area contributed by atoms with Gasteiger partial charge in [0.15, 0.2) is 16.1 Å².